The lowest BCUT2D eigenvalue weighted by atomic mass is 10.1. The molecule has 0 aliphatic heterocycles. The summed E-state index contributed by atoms with van der Waals surface area (Å²) in [6, 6.07) is 13.7. The Kier molecular flexibility index (Phi) is 8.59. The molecule has 3 rings (SSSR count). The largest absolute Gasteiger partial charge is 0.496 e. The summed E-state index contributed by atoms with van der Waals surface area (Å²) >= 11 is 5.94. The number of amides is 1. The van der Waals surface area contributed by atoms with Crippen LogP contribution >= 0.6 is 11.6 Å². The Balaban J connectivity index is 2.08. The van der Waals surface area contributed by atoms with E-state index in [1.807, 2.05) is 6.92 Å². The molecule has 0 fully saturated rings. The van der Waals surface area contributed by atoms with Crippen LogP contribution in [0, 0.1) is 0 Å². The summed E-state index contributed by atoms with van der Waals surface area (Å²) < 4.78 is 12.5. The van der Waals surface area contributed by atoms with Crippen LogP contribution in [-0.4, -0.2) is 28.7 Å². The Morgan fingerprint density at radius 3 is 2.51 bits per heavy atom. The van der Waals surface area contributed by atoms with Crippen LogP contribution < -0.4 is 31.4 Å². The van der Waals surface area contributed by atoms with Crippen LogP contribution in [0.2, 0.25) is 5.02 Å². The van der Waals surface area contributed by atoms with Gasteiger partial charge in [-0.15, -0.1) is 0 Å². The second-order valence-electron chi connectivity index (χ2n) is 7.95. The van der Waals surface area contributed by atoms with E-state index >= 15 is 0 Å². The molecule has 0 spiro atoms. The molecule has 0 radical (unpaired) electrons. The molecule has 0 saturated carbocycles. The molecule has 35 heavy (non-hydrogen) atoms. The normalized spacial score (nSPS) is 11.7. The molecule has 0 bridgehead atoms. The summed E-state index contributed by atoms with van der Waals surface area (Å²) in [5, 5.41) is 0.530. The number of aromatic amines is 1. The molecule has 1 amide bonds. The van der Waals surface area contributed by atoms with Crippen LogP contribution in [0.25, 0.3) is 0 Å². The van der Waals surface area contributed by atoms with Crippen molar-refractivity contribution in [3.63, 3.8) is 0 Å². The molecule has 10 heteroatoms. The van der Waals surface area contributed by atoms with Gasteiger partial charge in [-0.25, -0.2) is 4.79 Å². The maximum Gasteiger partial charge on any atom is 0.330 e. The molecule has 0 unspecified atom stereocenters. The topological polar surface area (TPSA) is 120 Å². The minimum atomic E-state index is -0.985. The van der Waals surface area contributed by atoms with Crippen LogP contribution in [0.15, 0.2) is 58.1 Å². The summed E-state index contributed by atoms with van der Waals surface area (Å²) in [4.78, 5) is 42.6. The zero-order valence-electron chi connectivity index (χ0n) is 19.9. The summed E-state index contributed by atoms with van der Waals surface area (Å²) in [5.41, 5.74) is 5.46. The molecule has 9 nitrogen and oxygen atoms in total. The van der Waals surface area contributed by atoms with Crippen LogP contribution in [0.3, 0.4) is 0 Å². The number of nitrogen functional groups attached to an aromatic ring is 1. The first kappa shape index (κ1) is 25.9. The van der Waals surface area contributed by atoms with Crippen molar-refractivity contribution < 1.29 is 14.3 Å². The highest BCUT2D eigenvalue weighted by molar-refractivity contribution is 6.30. The number of aromatic nitrogens is 2. The smallest absolute Gasteiger partial charge is 0.330 e. The Labute approximate surface area is 208 Å². The Bertz CT molecular complexity index is 1290. The summed E-state index contributed by atoms with van der Waals surface area (Å²) in [6.45, 7) is 3.82. The zero-order valence-corrected chi connectivity index (χ0v) is 20.7. The average molecular weight is 501 g/mol. The SMILES string of the molecule is CCCCn1c(N)c(N(Cc2ccccc2OC)C(=O)[C@H](C)Oc2ccc(Cl)cc2)c(=O)[nH]c1=O. The van der Waals surface area contributed by atoms with Crippen molar-refractivity contribution in [1.29, 1.82) is 0 Å². The molecule has 3 N–H and O–H groups in total. The summed E-state index contributed by atoms with van der Waals surface area (Å²) in [5.74, 6) is 0.353. The van der Waals surface area contributed by atoms with E-state index in [-0.39, 0.29) is 18.1 Å². The van der Waals surface area contributed by atoms with Gasteiger partial charge in [0, 0.05) is 17.1 Å². The highest BCUT2D eigenvalue weighted by atomic mass is 35.5. The van der Waals surface area contributed by atoms with Crippen molar-refractivity contribution in [2.45, 2.75) is 45.9 Å². The number of hydrogen-bond acceptors (Lipinski definition) is 6. The van der Waals surface area contributed by atoms with Crippen LogP contribution in [0.1, 0.15) is 32.3 Å². The van der Waals surface area contributed by atoms with Gasteiger partial charge in [-0.05, 0) is 43.7 Å². The molecule has 0 aliphatic rings. The number of nitrogens with two attached hydrogens (primary N) is 1. The fraction of sp³-hybridized carbons (Fsp3) is 0.320. The minimum Gasteiger partial charge on any atom is -0.496 e. The number of para-hydroxylation sites is 1. The number of ether oxygens (including phenoxy) is 2. The van der Waals surface area contributed by atoms with E-state index < -0.39 is 23.3 Å². The van der Waals surface area contributed by atoms with Crippen molar-refractivity contribution in [1.82, 2.24) is 9.55 Å². The van der Waals surface area contributed by atoms with Gasteiger partial charge in [0.15, 0.2) is 11.8 Å². The lowest BCUT2D eigenvalue weighted by Crippen LogP contribution is -2.45. The van der Waals surface area contributed by atoms with Crippen molar-refractivity contribution in [3.8, 4) is 11.5 Å². The first-order valence-corrected chi connectivity index (χ1v) is 11.6. The van der Waals surface area contributed by atoms with Crippen LogP contribution in [0.4, 0.5) is 11.5 Å². The molecule has 2 aromatic carbocycles. The maximum atomic E-state index is 13.7. The summed E-state index contributed by atoms with van der Waals surface area (Å²) in [7, 11) is 1.52. The van der Waals surface area contributed by atoms with Gasteiger partial charge in [0.1, 0.15) is 17.3 Å². The molecule has 3 aromatic rings. The van der Waals surface area contributed by atoms with Crippen LogP contribution in [0.5, 0.6) is 11.5 Å². The van der Waals surface area contributed by atoms with Crippen LogP contribution in [-0.2, 0) is 17.9 Å². The van der Waals surface area contributed by atoms with E-state index in [1.54, 1.807) is 55.5 Å². The predicted molar refractivity (Wildman–Crippen MR) is 136 cm³/mol. The van der Waals surface area contributed by atoms with E-state index in [0.717, 1.165) is 6.42 Å². The van der Waals surface area contributed by atoms with E-state index in [4.69, 9.17) is 26.8 Å². The fourth-order valence-corrected chi connectivity index (χ4v) is 3.76. The Morgan fingerprint density at radius 2 is 1.86 bits per heavy atom. The number of nitrogens with zero attached hydrogens (tertiary/aromatic N) is 2. The van der Waals surface area contributed by atoms with Gasteiger partial charge in [-0.2, -0.15) is 0 Å². The third-order valence-corrected chi connectivity index (χ3v) is 5.73. The fourth-order valence-electron chi connectivity index (χ4n) is 3.63. The summed E-state index contributed by atoms with van der Waals surface area (Å²) in [6.07, 6.45) is 0.503. The first-order valence-electron chi connectivity index (χ1n) is 11.2. The average Bonchev–Trinajstić information content (AvgIpc) is 2.84. The number of unbranched alkanes of at least 4 members (excludes halogenated alkanes) is 1. The van der Waals surface area contributed by atoms with E-state index in [2.05, 4.69) is 4.98 Å². The molecular formula is C25H29ClN4O5. The molecule has 186 valence electrons. The van der Waals surface area contributed by atoms with Gasteiger partial charge in [-0.1, -0.05) is 43.1 Å². The number of benzene rings is 2. The van der Waals surface area contributed by atoms with E-state index in [0.29, 0.717) is 35.1 Å². The number of anilines is 2. The van der Waals surface area contributed by atoms with Crippen molar-refractivity contribution >= 4 is 29.0 Å². The second kappa shape index (κ2) is 11.6. The second-order valence-corrected chi connectivity index (χ2v) is 8.38. The highest BCUT2D eigenvalue weighted by Gasteiger charge is 2.30. The van der Waals surface area contributed by atoms with Crippen molar-refractivity contribution in [2.75, 3.05) is 17.7 Å². The van der Waals surface area contributed by atoms with Gasteiger partial charge in [0.25, 0.3) is 11.5 Å². The third kappa shape index (κ3) is 6.05. The lowest BCUT2D eigenvalue weighted by molar-refractivity contribution is -0.124. The van der Waals surface area contributed by atoms with Crippen molar-refractivity contribution in [2.24, 2.45) is 0 Å². The van der Waals surface area contributed by atoms with Gasteiger partial charge in [0.2, 0.25) is 0 Å². The maximum absolute atomic E-state index is 13.7. The zero-order chi connectivity index (χ0) is 25.5. The number of carbonyl (C=O) groups is 1. The van der Waals surface area contributed by atoms with E-state index in [1.165, 1.54) is 16.6 Å². The lowest BCUT2D eigenvalue weighted by Gasteiger charge is -2.28. The van der Waals surface area contributed by atoms with E-state index in [9.17, 15) is 14.4 Å². The minimum absolute atomic E-state index is 0.0313. The Morgan fingerprint density at radius 1 is 1.17 bits per heavy atom. The number of carbonyl (C=O) groups excluding carboxylic acids is 1. The Hall–Kier alpha value is -3.72. The van der Waals surface area contributed by atoms with Gasteiger partial charge < -0.3 is 15.2 Å². The number of halogens is 1. The highest BCUT2D eigenvalue weighted by Crippen LogP contribution is 2.26. The van der Waals surface area contributed by atoms with Gasteiger partial charge in [0.05, 0.1) is 13.7 Å². The van der Waals surface area contributed by atoms with Crippen molar-refractivity contribution in [3.05, 3.63) is 80.0 Å². The number of methoxy groups -OCH3 is 1. The standard InChI is InChI=1S/C25H29ClN4O5/c1-4-5-14-29-22(27)21(23(31)28-25(29)33)30(15-17-8-6-7-9-20(17)34-3)24(32)16(2)35-19-12-10-18(26)11-13-19/h6-13,16H,4-5,14-15,27H2,1-3H3,(H,28,31,33)/t16-/m0/s1. The molecule has 1 heterocycles. The molecule has 1 atom stereocenters. The molecule has 0 aliphatic carbocycles. The first-order chi connectivity index (χ1) is 16.8. The third-order valence-electron chi connectivity index (χ3n) is 5.48. The monoisotopic (exact) mass is 500 g/mol. The number of nitrogens with one attached hydrogen (secondary N) is 1. The van der Waals surface area contributed by atoms with Gasteiger partial charge in [-0.3, -0.25) is 24.0 Å². The molecular weight excluding hydrogens is 472 g/mol. The number of hydrogen-bond donors (Lipinski definition) is 2. The van der Waals surface area contributed by atoms with Gasteiger partial charge >= 0.3 is 5.69 Å². The molecule has 1 aromatic heterocycles. The quantitative estimate of drug-likeness (QED) is 0.439. The predicted octanol–water partition coefficient (Wildman–Crippen LogP) is 3.58. The molecule has 0 saturated heterocycles. The number of H-pyrrole nitrogens is 1. The number of rotatable bonds is 10.